The van der Waals surface area contributed by atoms with E-state index >= 15 is 0 Å². The Morgan fingerprint density at radius 2 is 1.78 bits per heavy atom. The first-order valence-corrected chi connectivity index (χ1v) is 11.1. The van der Waals surface area contributed by atoms with Crippen molar-refractivity contribution < 1.29 is 10.2 Å². The van der Waals surface area contributed by atoms with Crippen LogP contribution in [0.25, 0.3) is 0 Å². The van der Waals surface area contributed by atoms with Gasteiger partial charge in [-0.05, 0) is 50.4 Å². The highest BCUT2D eigenvalue weighted by atomic mass is 16.3. The minimum atomic E-state index is -1.09. The van der Waals surface area contributed by atoms with Crippen LogP contribution < -0.4 is 0 Å². The number of aliphatic hydroxyl groups is 2. The molecule has 2 nitrogen and oxygen atoms in total. The molecule has 0 saturated carbocycles. The smallest absolute Gasteiger partial charge is 0.105 e. The van der Waals surface area contributed by atoms with Gasteiger partial charge in [-0.3, -0.25) is 0 Å². The minimum absolute atomic E-state index is 0.229. The second kappa shape index (κ2) is 14.9. The van der Waals surface area contributed by atoms with E-state index in [9.17, 15) is 10.2 Å². The molecule has 0 aliphatic heterocycles. The number of rotatable bonds is 16. The van der Waals surface area contributed by atoms with Gasteiger partial charge in [-0.25, -0.2) is 0 Å². The molecule has 0 spiro atoms. The lowest BCUT2D eigenvalue weighted by atomic mass is 9.89. The number of hydrogen-bond acceptors (Lipinski definition) is 2. The second-order valence-electron chi connectivity index (χ2n) is 8.04. The molecule has 1 unspecified atom stereocenters. The molecule has 2 heteroatoms. The van der Waals surface area contributed by atoms with Crippen molar-refractivity contribution in [2.45, 2.75) is 89.6 Å². The van der Waals surface area contributed by atoms with Gasteiger partial charge in [0.1, 0.15) is 5.60 Å². The number of unbranched alkanes of at least 4 members (excludes halogenated alkanes) is 6. The SMILES string of the molecule is C=CC(O)(CO)CCCCCC[C@H]1CC=C[C@@H]1C=CCCC=CCCCC. The summed E-state index contributed by atoms with van der Waals surface area (Å²) >= 11 is 0. The lowest BCUT2D eigenvalue weighted by Crippen LogP contribution is -2.30. The summed E-state index contributed by atoms with van der Waals surface area (Å²) in [6.07, 6.45) is 29.3. The molecule has 1 aliphatic rings. The maximum Gasteiger partial charge on any atom is 0.105 e. The Hall–Kier alpha value is -1.12. The van der Waals surface area contributed by atoms with Crippen molar-refractivity contribution in [2.24, 2.45) is 11.8 Å². The molecule has 0 aromatic heterocycles. The minimum Gasteiger partial charge on any atom is -0.393 e. The van der Waals surface area contributed by atoms with Gasteiger partial charge in [-0.2, -0.15) is 0 Å². The van der Waals surface area contributed by atoms with E-state index in [0.717, 1.165) is 31.6 Å². The van der Waals surface area contributed by atoms with Gasteiger partial charge in [-0.15, -0.1) is 6.58 Å². The number of hydrogen-bond donors (Lipinski definition) is 2. The molecular weight excluding hydrogens is 332 g/mol. The maximum atomic E-state index is 9.98. The van der Waals surface area contributed by atoms with Gasteiger partial charge >= 0.3 is 0 Å². The van der Waals surface area contributed by atoms with Crippen molar-refractivity contribution in [3.8, 4) is 0 Å². The van der Waals surface area contributed by atoms with Crippen LogP contribution in [0.15, 0.2) is 49.1 Å². The summed E-state index contributed by atoms with van der Waals surface area (Å²) in [5.74, 6) is 1.39. The van der Waals surface area contributed by atoms with Crippen LogP contribution in [0.1, 0.15) is 84.0 Å². The Kier molecular flexibility index (Phi) is 13.2. The van der Waals surface area contributed by atoms with Crippen LogP contribution >= 0.6 is 0 Å². The van der Waals surface area contributed by atoms with Crippen LogP contribution in [-0.2, 0) is 0 Å². The lowest BCUT2D eigenvalue weighted by Gasteiger charge is -2.21. The fourth-order valence-corrected chi connectivity index (χ4v) is 3.70. The fourth-order valence-electron chi connectivity index (χ4n) is 3.70. The maximum absolute atomic E-state index is 9.98. The molecule has 1 aliphatic carbocycles. The zero-order chi connectivity index (χ0) is 19.8. The quantitative estimate of drug-likeness (QED) is 0.239. The van der Waals surface area contributed by atoms with Gasteiger partial charge in [0, 0.05) is 0 Å². The lowest BCUT2D eigenvalue weighted by molar-refractivity contribution is 0.0186. The molecular formula is C25H42O2. The predicted octanol–water partition coefficient (Wildman–Crippen LogP) is 6.51. The first kappa shape index (κ1) is 23.9. The average molecular weight is 375 g/mol. The fraction of sp³-hybridized carbons (Fsp3) is 0.680. The van der Waals surface area contributed by atoms with Crippen LogP contribution in [0.5, 0.6) is 0 Å². The molecule has 154 valence electrons. The standard InChI is InChI=1S/C25H42O2/c1-3-5-6-7-8-9-10-13-17-23-19-16-20-24(23)18-14-11-12-15-21-25(27,4-2)22-26/h4,7-8,13,16-17,19,23-24,26-27H,2-3,5-6,9-12,14-15,18,20-22H2,1H3/t23-,24-,25?/m0/s1. The average Bonchev–Trinajstić information content (AvgIpc) is 3.13. The molecule has 0 heterocycles. The summed E-state index contributed by atoms with van der Waals surface area (Å²) in [4.78, 5) is 0. The summed E-state index contributed by atoms with van der Waals surface area (Å²) in [6.45, 7) is 5.61. The molecule has 3 atom stereocenters. The van der Waals surface area contributed by atoms with Gasteiger partial charge in [0.05, 0.1) is 6.61 Å². The van der Waals surface area contributed by atoms with Crippen LogP contribution in [0.2, 0.25) is 0 Å². The van der Waals surface area contributed by atoms with E-state index in [4.69, 9.17) is 0 Å². The van der Waals surface area contributed by atoms with Crippen molar-refractivity contribution in [3.05, 3.63) is 49.1 Å². The van der Waals surface area contributed by atoms with Gasteiger partial charge in [-0.1, -0.05) is 88.0 Å². The van der Waals surface area contributed by atoms with E-state index in [2.05, 4.69) is 50.0 Å². The van der Waals surface area contributed by atoms with E-state index < -0.39 is 5.60 Å². The summed E-state index contributed by atoms with van der Waals surface area (Å²) in [5, 5.41) is 19.2. The van der Waals surface area contributed by atoms with E-state index in [1.54, 1.807) is 0 Å². The van der Waals surface area contributed by atoms with Gasteiger partial charge in [0.2, 0.25) is 0 Å². The van der Waals surface area contributed by atoms with E-state index in [1.165, 1.54) is 51.0 Å². The van der Waals surface area contributed by atoms with Crippen LogP contribution in [0, 0.1) is 11.8 Å². The normalized spacial score (nSPS) is 22.0. The van der Waals surface area contributed by atoms with E-state index in [-0.39, 0.29) is 6.61 Å². The van der Waals surface area contributed by atoms with Gasteiger partial charge < -0.3 is 10.2 Å². The molecule has 27 heavy (non-hydrogen) atoms. The third-order valence-electron chi connectivity index (χ3n) is 5.68. The topological polar surface area (TPSA) is 40.5 Å². The Morgan fingerprint density at radius 1 is 1.04 bits per heavy atom. The third-order valence-corrected chi connectivity index (χ3v) is 5.68. The molecule has 2 N–H and O–H groups in total. The van der Waals surface area contributed by atoms with Gasteiger partial charge in [0.25, 0.3) is 0 Å². The molecule has 0 radical (unpaired) electrons. The second-order valence-corrected chi connectivity index (χ2v) is 8.04. The zero-order valence-electron chi connectivity index (χ0n) is 17.5. The predicted molar refractivity (Wildman–Crippen MR) is 118 cm³/mol. The number of aliphatic hydroxyl groups excluding tert-OH is 1. The molecule has 0 aromatic carbocycles. The molecule has 0 aromatic rings. The summed E-state index contributed by atoms with van der Waals surface area (Å²) in [6, 6.07) is 0. The molecule has 0 amide bonds. The van der Waals surface area contributed by atoms with Crippen molar-refractivity contribution >= 4 is 0 Å². The van der Waals surface area contributed by atoms with Crippen molar-refractivity contribution in [3.63, 3.8) is 0 Å². The van der Waals surface area contributed by atoms with Crippen LogP contribution in [0.4, 0.5) is 0 Å². The third kappa shape index (κ3) is 10.7. The summed E-state index contributed by atoms with van der Waals surface area (Å²) in [5.41, 5.74) is -1.09. The Labute approximate surface area is 167 Å². The van der Waals surface area contributed by atoms with Crippen molar-refractivity contribution in [1.29, 1.82) is 0 Å². The largest absolute Gasteiger partial charge is 0.393 e. The Bertz CT molecular complexity index is 463. The Balaban J connectivity index is 2.12. The van der Waals surface area contributed by atoms with E-state index in [0.29, 0.717) is 12.3 Å². The van der Waals surface area contributed by atoms with Crippen LogP contribution in [-0.4, -0.2) is 22.4 Å². The van der Waals surface area contributed by atoms with Crippen molar-refractivity contribution in [1.82, 2.24) is 0 Å². The van der Waals surface area contributed by atoms with Crippen LogP contribution in [0.3, 0.4) is 0 Å². The zero-order valence-corrected chi connectivity index (χ0v) is 17.5. The summed E-state index contributed by atoms with van der Waals surface area (Å²) in [7, 11) is 0. The highest BCUT2D eigenvalue weighted by molar-refractivity contribution is 5.10. The van der Waals surface area contributed by atoms with Crippen molar-refractivity contribution in [2.75, 3.05) is 6.61 Å². The first-order valence-electron chi connectivity index (χ1n) is 11.1. The highest BCUT2D eigenvalue weighted by Crippen LogP contribution is 2.31. The van der Waals surface area contributed by atoms with Gasteiger partial charge in [0.15, 0.2) is 0 Å². The molecule has 0 saturated heterocycles. The molecule has 1 rings (SSSR count). The van der Waals surface area contributed by atoms with E-state index in [1.807, 2.05) is 0 Å². The number of allylic oxidation sites excluding steroid dienone is 6. The monoisotopic (exact) mass is 374 g/mol. The summed E-state index contributed by atoms with van der Waals surface area (Å²) < 4.78 is 0. The highest BCUT2D eigenvalue weighted by Gasteiger charge is 2.21. The molecule has 0 fully saturated rings. The molecule has 0 bridgehead atoms. The Morgan fingerprint density at radius 3 is 2.52 bits per heavy atom. The first-order chi connectivity index (χ1) is 13.1.